The predicted octanol–water partition coefficient (Wildman–Crippen LogP) is 1.46. The largest absolute Gasteiger partial charge is 0.438 e. The van der Waals surface area contributed by atoms with Crippen molar-refractivity contribution in [1.82, 2.24) is 15.5 Å². The van der Waals surface area contributed by atoms with Gasteiger partial charge in [-0.3, -0.25) is 4.79 Å². The highest BCUT2D eigenvalue weighted by molar-refractivity contribution is 5.77. The van der Waals surface area contributed by atoms with Crippen LogP contribution in [0, 0.1) is 0 Å². The first-order valence-corrected chi connectivity index (χ1v) is 6.25. The Morgan fingerprint density at radius 1 is 1.30 bits per heavy atom. The Hall–Kier alpha value is -2.47. The van der Waals surface area contributed by atoms with Crippen LogP contribution in [-0.4, -0.2) is 29.3 Å². The number of morpholine rings is 1. The number of carbonyl (C=O) groups excluding carboxylic acids is 1. The molecule has 0 spiro atoms. The lowest BCUT2D eigenvalue weighted by Crippen LogP contribution is -2.38. The topological polar surface area (TPSA) is 73.3 Å². The Balaban J connectivity index is 1.74. The first-order chi connectivity index (χ1) is 9.81. The van der Waals surface area contributed by atoms with Gasteiger partial charge in [0.25, 0.3) is 0 Å². The van der Waals surface area contributed by atoms with E-state index >= 15 is 0 Å². The van der Waals surface area contributed by atoms with E-state index < -0.39 is 0 Å². The minimum atomic E-state index is -0.155. The van der Waals surface area contributed by atoms with Gasteiger partial charge >= 0.3 is 0 Å². The molecule has 1 N–H and O–H groups in total. The second-order valence-electron chi connectivity index (χ2n) is 4.34. The van der Waals surface area contributed by atoms with Crippen LogP contribution >= 0.6 is 0 Å². The Labute approximate surface area is 115 Å². The minimum absolute atomic E-state index is 0.0832. The maximum absolute atomic E-state index is 11.1. The summed E-state index contributed by atoms with van der Waals surface area (Å²) in [4.78, 5) is 11.1. The fourth-order valence-corrected chi connectivity index (χ4v) is 1.95. The summed E-state index contributed by atoms with van der Waals surface area (Å²) in [5.41, 5.74) is 0.950. The molecule has 1 atom stereocenters. The van der Waals surface area contributed by atoms with Crippen LogP contribution in [-0.2, 0) is 9.53 Å². The smallest absolute Gasteiger partial charge is 0.246 e. The summed E-state index contributed by atoms with van der Waals surface area (Å²) in [7, 11) is 0. The average Bonchev–Trinajstić information content (AvgIpc) is 2.49. The lowest BCUT2D eigenvalue weighted by atomic mass is 10.1. The zero-order valence-corrected chi connectivity index (χ0v) is 10.7. The molecule has 2 heterocycles. The Bertz CT molecular complexity index is 594. The van der Waals surface area contributed by atoms with Crippen molar-refractivity contribution in [2.45, 2.75) is 6.10 Å². The van der Waals surface area contributed by atoms with Gasteiger partial charge in [0.1, 0.15) is 18.5 Å². The predicted molar refractivity (Wildman–Crippen MR) is 70.3 cm³/mol. The molecule has 2 aromatic rings. The highest BCUT2D eigenvalue weighted by atomic mass is 16.5. The van der Waals surface area contributed by atoms with Gasteiger partial charge in [0.05, 0.1) is 0 Å². The van der Waals surface area contributed by atoms with Crippen LogP contribution in [0.3, 0.4) is 0 Å². The van der Waals surface area contributed by atoms with E-state index in [-0.39, 0.29) is 18.6 Å². The molecular weight excluding hydrogens is 258 g/mol. The van der Waals surface area contributed by atoms with Crippen LogP contribution in [0.1, 0.15) is 11.7 Å². The van der Waals surface area contributed by atoms with Crippen LogP contribution in [0.15, 0.2) is 42.6 Å². The van der Waals surface area contributed by atoms with Crippen LogP contribution in [0.25, 0.3) is 0 Å². The molecule has 1 amide bonds. The summed E-state index contributed by atoms with van der Waals surface area (Å²) >= 11 is 0. The van der Waals surface area contributed by atoms with E-state index in [2.05, 4.69) is 15.5 Å². The number of ether oxygens (including phenoxy) is 2. The number of amides is 1. The molecule has 1 aromatic carbocycles. The summed E-state index contributed by atoms with van der Waals surface area (Å²) in [6.45, 7) is 0.549. The van der Waals surface area contributed by atoms with E-state index in [1.54, 1.807) is 18.3 Å². The second-order valence-corrected chi connectivity index (χ2v) is 4.34. The monoisotopic (exact) mass is 271 g/mol. The number of nitrogens with one attached hydrogen (secondary N) is 1. The SMILES string of the molecule is O=C1COC(c2cccc(Oc3cccnn3)c2)CN1. The molecular formula is C14H13N3O3. The van der Waals surface area contributed by atoms with Crippen molar-refractivity contribution >= 4 is 5.91 Å². The van der Waals surface area contributed by atoms with Gasteiger partial charge in [0.15, 0.2) is 0 Å². The van der Waals surface area contributed by atoms with Crippen molar-refractivity contribution in [3.8, 4) is 11.6 Å². The molecule has 102 valence electrons. The van der Waals surface area contributed by atoms with E-state index in [9.17, 15) is 4.79 Å². The van der Waals surface area contributed by atoms with Crippen molar-refractivity contribution in [1.29, 1.82) is 0 Å². The molecule has 0 saturated carbocycles. The van der Waals surface area contributed by atoms with Crippen LogP contribution in [0.5, 0.6) is 11.6 Å². The first kappa shape index (κ1) is 12.6. The molecule has 6 nitrogen and oxygen atoms in total. The number of hydrogen-bond acceptors (Lipinski definition) is 5. The molecule has 1 aliphatic rings. The number of aromatic nitrogens is 2. The first-order valence-electron chi connectivity index (χ1n) is 6.25. The van der Waals surface area contributed by atoms with Crippen molar-refractivity contribution < 1.29 is 14.3 Å². The summed E-state index contributed by atoms with van der Waals surface area (Å²) in [6.07, 6.45) is 1.43. The fourth-order valence-electron chi connectivity index (χ4n) is 1.95. The lowest BCUT2D eigenvalue weighted by Gasteiger charge is -2.23. The Morgan fingerprint density at radius 2 is 2.25 bits per heavy atom. The zero-order valence-electron chi connectivity index (χ0n) is 10.7. The molecule has 0 aliphatic carbocycles. The van der Waals surface area contributed by atoms with Crippen molar-refractivity contribution in [3.05, 3.63) is 48.2 Å². The van der Waals surface area contributed by atoms with Crippen molar-refractivity contribution in [3.63, 3.8) is 0 Å². The maximum atomic E-state index is 11.1. The van der Waals surface area contributed by atoms with Gasteiger partial charge in [-0.05, 0) is 23.8 Å². The minimum Gasteiger partial charge on any atom is -0.438 e. The van der Waals surface area contributed by atoms with Crippen LogP contribution in [0.2, 0.25) is 0 Å². The quantitative estimate of drug-likeness (QED) is 0.914. The van der Waals surface area contributed by atoms with Crippen LogP contribution < -0.4 is 10.1 Å². The molecule has 1 aromatic heterocycles. The van der Waals surface area contributed by atoms with Gasteiger partial charge in [0, 0.05) is 18.8 Å². The molecule has 6 heteroatoms. The number of hydrogen-bond donors (Lipinski definition) is 1. The van der Waals surface area contributed by atoms with E-state index in [1.165, 1.54) is 0 Å². The molecule has 0 radical (unpaired) electrons. The zero-order chi connectivity index (χ0) is 13.8. The van der Waals surface area contributed by atoms with Crippen LogP contribution in [0.4, 0.5) is 0 Å². The van der Waals surface area contributed by atoms with Gasteiger partial charge in [-0.2, -0.15) is 5.10 Å². The summed E-state index contributed by atoms with van der Waals surface area (Å²) in [5.74, 6) is 0.999. The number of carbonyl (C=O) groups is 1. The maximum Gasteiger partial charge on any atom is 0.246 e. The van der Waals surface area contributed by atoms with Gasteiger partial charge < -0.3 is 14.8 Å². The van der Waals surface area contributed by atoms with Gasteiger partial charge in [-0.15, -0.1) is 5.10 Å². The highest BCUT2D eigenvalue weighted by Crippen LogP contribution is 2.25. The second kappa shape index (κ2) is 5.66. The third kappa shape index (κ3) is 2.92. The molecule has 1 fully saturated rings. The molecule has 0 bridgehead atoms. The molecule has 1 saturated heterocycles. The van der Waals surface area contributed by atoms with Gasteiger partial charge in [-0.25, -0.2) is 0 Å². The highest BCUT2D eigenvalue weighted by Gasteiger charge is 2.20. The molecule has 3 rings (SSSR count). The number of nitrogens with zero attached hydrogens (tertiary/aromatic N) is 2. The normalized spacial score (nSPS) is 18.4. The standard InChI is InChI=1S/C14H13N3O3/c18-13-9-19-12(8-15-13)10-3-1-4-11(7-10)20-14-5-2-6-16-17-14/h1-7,12H,8-9H2,(H,15,18). The Kier molecular flexibility index (Phi) is 3.56. The lowest BCUT2D eigenvalue weighted by molar-refractivity contribution is -0.133. The van der Waals surface area contributed by atoms with Crippen molar-refractivity contribution in [2.24, 2.45) is 0 Å². The summed E-state index contributed by atoms with van der Waals surface area (Å²) in [5, 5.41) is 10.4. The third-order valence-corrected chi connectivity index (χ3v) is 2.90. The molecule has 20 heavy (non-hydrogen) atoms. The molecule has 1 unspecified atom stereocenters. The summed E-state index contributed by atoms with van der Waals surface area (Å²) in [6, 6.07) is 11.0. The summed E-state index contributed by atoms with van der Waals surface area (Å²) < 4.78 is 11.1. The van der Waals surface area contributed by atoms with Crippen molar-refractivity contribution in [2.75, 3.05) is 13.2 Å². The third-order valence-electron chi connectivity index (χ3n) is 2.90. The van der Waals surface area contributed by atoms with E-state index in [1.807, 2.05) is 24.3 Å². The van der Waals surface area contributed by atoms with Gasteiger partial charge in [0.2, 0.25) is 11.8 Å². The fraction of sp³-hybridized carbons (Fsp3) is 0.214. The number of benzene rings is 1. The van der Waals surface area contributed by atoms with E-state index in [0.717, 1.165) is 5.56 Å². The Morgan fingerprint density at radius 3 is 3.00 bits per heavy atom. The van der Waals surface area contributed by atoms with E-state index in [0.29, 0.717) is 18.2 Å². The average molecular weight is 271 g/mol. The van der Waals surface area contributed by atoms with Gasteiger partial charge in [-0.1, -0.05) is 12.1 Å². The number of rotatable bonds is 3. The van der Waals surface area contributed by atoms with E-state index in [4.69, 9.17) is 9.47 Å². The molecule has 1 aliphatic heterocycles.